The van der Waals surface area contributed by atoms with Crippen LogP contribution in [0.1, 0.15) is 61.1 Å². The van der Waals surface area contributed by atoms with Crippen molar-refractivity contribution in [1.29, 1.82) is 5.26 Å². The topological polar surface area (TPSA) is 85.0 Å². The molecular weight excluding hydrogens is 414 g/mol. The van der Waals surface area contributed by atoms with Crippen LogP contribution in [0.25, 0.3) is 11.1 Å². The van der Waals surface area contributed by atoms with Crippen LogP contribution in [0.15, 0.2) is 53.3 Å². The summed E-state index contributed by atoms with van der Waals surface area (Å²) in [5.74, 6) is 0.476. The summed E-state index contributed by atoms with van der Waals surface area (Å²) in [6.45, 7) is 5.93. The number of nitriles is 1. The third-order valence-electron chi connectivity index (χ3n) is 5.64. The number of nitrogens with zero attached hydrogens (tertiary/aromatic N) is 3. The van der Waals surface area contributed by atoms with E-state index in [1.54, 1.807) is 19.9 Å². The van der Waals surface area contributed by atoms with Gasteiger partial charge in [0.2, 0.25) is 0 Å². The number of aldehydes is 1. The van der Waals surface area contributed by atoms with Gasteiger partial charge in [-0.25, -0.2) is 4.98 Å². The number of hydrogen-bond donors (Lipinski definition) is 0. The first-order valence-electron chi connectivity index (χ1n) is 11.3. The van der Waals surface area contributed by atoms with Gasteiger partial charge in [-0.3, -0.25) is 14.2 Å². The minimum Gasteiger partial charge on any atom is -0.351 e. The van der Waals surface area contributed by atoms with E-state index in [0.29, 0.717) is 42.7 Å². The number of carbonyl (C=O) groups excluding carboxylic acids is 1. The zero-order valence-electron chi connectivity index (χ0n) is 19.4. The number of benzene rings is 2. The van der Waals surface area contributed by atoms with Crippen molar-refractivity contribution in [2.45, 2.75) is 52.7 Å². The summed E-state index contributed by atoms with van der Waals surface area (Å²) in [7, 11) is 0. The number of hydrogen-bond acceptors (Lipinski definition) is 5. The second-order valence-corrected chi connectivity index (χ2v) is 7.88. The minimum atomic E-state index is -0.987. The molecule has 1 heterocycles. The molecule has 0 aliphatic carbocycles. The van der Waals surface area contributed by atoms with Crippen LogP contribution in [-0.2, 0) is 22.4 Å². The van der Waals surface area contributed by atoms with Gasteiger partial charge in [0.15, 0.2) is 12.5 Å². The minimum absolute atomic E-state index is 0.238. The van der Waals surface area contributed by atoms with Crippen molar-refractivity contribution in [3.05, 3.63) is 87.1 Å². The molecule has 0 radical (unpaired) electrons. The molecule has 0 spiro atoms. The lowest BCUT2D eigenvalue weighted by molar-refractivity contribution is -0.123. The maximum absolute atomic E-state index is 13.5. The first kappa shape index (κ1) is 24.1. The van der Waals surface area contributed by atoms with Crippen molar-refractivity contribution in [2.75, 3.05) is 6.61 Å². The van der Waals surface area contributed by atoms with Gasteiger partial charge < -0.3 is 4.74 Å². The quantitative estimate of drug-likeness (QED) is 0.422. The van der Waals surface area contributed by atoms with Crippen molar-refractivity contribution in [1.82, 2.24) is 9.55 Å². The Morgan fingerprint density at radius 1 is 1.15 bits per heavy atom. The van der Waals surface area contributed by atoms with Crippen LogP contribution in [-0.4, -0.2) is 22.4 Å². The Labute approximate surface area is 194 Å². The Morgan fingerprint density at radius 3 is 2.52 bits per heavy atom. The zero-order valence-corrected chi connectivity index (χ0v) is 19.4. The summed E-state index contributed by atoms with van der Waals surface area (Å²) >= 11 is 0. The lowest BCUT2D eigenvalue weighted by Crippen LogP contribution is -2.34. The van der Waals surface area contributed by atoms with Crippen LogP contribution in [0.3, 0.4) is 0 Å². The molecule has 6 heteroatoms. The summed E-state index contributed by atoms with van der Waals surface area (Å²) in [6, 6.07) is 17.6. The normalized spacial score (nSPS) is 11.7. The van der Waals surface area contributed by atoms with E-state index < -0.39 is 6.23 Å². The molecule has 33 heavy (non-hydrogen) atoms. The summed E-state index contributed by atoms with van der Waals surface area (Å²) < 4.78 is 6.83. The molecule has 0 aliphatic rings. The second kappa shape index (κ2) is 11.3. The number of ether oxygens (including phenoxy) is 1. The molecule has 0 N–H and O–H groups in total. The predicted molar refractivity (Wildman–Crippen MR) is 128 cm³/mol. The lowest BCUT2D eigenvalue weighted by Gasteiger charge is -2.19. The highest BCUT2D eigenvalue weighted by molar-refractivity contribution is 5.70. The lowest BCUT2D eigenvalue weighted by atomic mass is 9.97. The smallest absolute Gasteiger partial charge is 0.259 e. The molecule has 2 aromatic carbocycles. The summed E-state index contributed by atoms with van der Waals surface area (Å²) in [5, 5.41) is 9.38. The monoisotopic (exact) mass is 443 g/mol. The third-order valence-corrected chi connectivity index (χ3v) is 5.64. The summed E-state index contributed by atoms with van der Waals surface area (Å²) in [4.78, 5) is 29.8. The Kier molecular flexibility index (Phi) is 8.28. The fourth-order valence-corrected chi connectivity index (χ4v) is 3.94. The number of unbranched alkanes of at least 4 members (excludes halogenated alkanes) is 1. The molecule has 0 fully saturated rings. The zero-order chi connectivity index (χ0) is 23.8. The van der Waals surface area contributed by atoms with Gasteiger partial charge in [-0.2, -0.15) is 5.26 Å². The maximum atomic E-state index is 13.5. The van der Waals surface area contributed by atoms with E-state index in [4.69, 9.17) is 9.72 Å². The van der Waals surface area contributed by atoms with Gasteiger partial charge in [0.25, 0.3) is 5.56 Å². The molecule has 1 atom stereocenters. The number of rotatable bonds is 10. The van der Waals surface area contributed by atoms with Gasteiger partial charge in [-0.05, 0) is 49.4 Å². The average molecular weight is 444 g/mol. The molecule has 0 amide bonds. The highest BCUT2D eigenvalue weighted by Crippen LogP contribution is 2.24. The highest BCUT2D eigenvalue weighted by atomic mass is 16.5. The Morgan fingerprint density at radius 2 is 1.88 bits per heavy atom. The molecule has 0 aliphatic heterocycles. The Balaban J connectivity index is 2.01. The van der Waals surface area contributed by atoms with Crippen molar-refractivity contribution < 1.29 is 9.53 Å². The van der Waals surface area contributed by atoms with Gasteiger partial charge >= 0.3 is 0 Å². The van der Waals surface area contributed by atoms with E-state index in [2.05, 4.69) is 13.0 Å². The average Bonchev–Trinajstić information content (AvgIpc) is 2.84. The fourth-order valence-electron chi connectivity index (χ4n) is 3.94. The third kappa shape index (κ3) is 5.44. The summed E-state index contributed by atoms with van der Waals surface area (Å²) in [6.07, 6.45) is 2.68. The van der Waals surface area contributed by atoms with Gasteiger partial charge in [0, 0.05) is 18.6 Å². The van der Waals surface area contributed by atoms with E-state index in [-0.39, 0.29) is 5.56 Å². The van der Waals surface area contributed by atoms with Gasteiger partial charge in [0.1, 0.15) is 5.82 Å². The fraction of sp³-hybridized carbons (Fsp3) is 0.333. The molecule has 6 nitrogen and oxygen atoms in total. The van der Waals surface area contributed by atoms with E-state index >= 15 is 0 Å². The largest absolute Gasteiger partial charge is 0.351 e. The number of aromatic nitrogens is 2. The van der Waals surface area contributed by atoms with Crippen LogP contribution >= 0.6 is 0 Å². The van der Waals surface area contributed by atoms with Crippen LogP contribution in [0.5, 0.6) is 0 Å². The van der Waals surface area contributed by atoms with Crippen LogP contribution < -0.4 is 5.56 Å². The van der Waals surface area contributed by atoms with E-state index in [1.165, 1.54) is 4.57 Å². The molecule has 0 saturated heterocycles. The van der Waals surface area contributed by atoms with Gasteiger partial charge in [-0.15, -0.1) is 0 Å². The van der Waals surface area contributed by atoms with Crippen molar-refractivity contribution >= 4 is 6.29 Å². The standard InChI is InChI=1S/C27H29N3O3/c1-4-6-11-25-24(27(32)30(19(3)29-25)26(18-31)33-5-2)16-20-12-14-21(15-13-20)23-10-8-7-9-22(23)17-28/h7-10,12-15,18,26H,4-6,11,16H2,1-3H3. The second-order valence-electron chi connectivity index (χ2n) is 7.88. The van der Waals surface area contributed by atoms with E-state index in [0.717, 1.165) is 35.2 Å². The van der Waals surface area contributed by atoms with Crippen LogP contribution in [0.2, 0.25) is 0 Å². The first-order valence-corrected chi connectivity index (χ1v) is 11.3. The molecule has 0 bridgehead atoms. The van der Waals surface area contributed by atoms with Crippen LogP contribution in [0.4, 0.5) is 0 Å². The number of aryl methyl sites for hydroxylation is 2. The number of carbonyl (C=O) groups is 1. The highest BCUT2D eigenvalue weighted by Gasteiger charge is 2.20. The van der Waals surface area contributed by atoms with Crippen molar-refractivity contribution in [3.63, 3.8) is 0 Å². The molecule has 1 unspecified atom stereocenters. The van der Waals surface area contributed by atoms with E-state index in [1.807, 2.05) is 42.5 Å². The van der Waals surface area contributed by atoms with Gasteiger partial charge in [-0.1, -0.05) is 55.8 Å². The molecular formula is C27H29N3O3. The SMILES string of the molecule is CCCCc1nc(C)n(C(C=O)OCC)c(=O)c1Cc1ccc(-c2ccccc2C#N)cc1. The van der Waals surface area contributed by atoms with Crippen molar-refractivity contribution in [2.24, 2.45) is 0 Å². The molecule has 3 rings (SSSR count). The summed E-state index contributed by atoms with van der Waals surface area (Å²) in [5.41, 5.74) is 4.52. The van der Waals surface area contributed by atoms with Gasteiger partial charge in [0.05, 0.1) is 17.3 Å². The predicted octanol–water partition coefficient (Wildman–Crippen LogP) is 4.76. The molecule has 3 aromatic rings. The Hall–Kier alpha value is -3.56. The molecule has 1 aromatic heterocycles. The molecule has 170 valence electrons. The maximum Gasteiger partial charge on any atom is 0.259 e. The first-order chi connectivity index (χ1) is 16.0. The Bertz CT molecular complexity index is 1210. The van der Waals surface area contributed by atoms with Crippen LogP contribution in [0, 0.1) is 18.3 Å². The van der Waals surface area contributed by atoms with E-state index in [9.17, 15) is 14.9 Å². The van der Waals surface area contributed by atoms with Crippen molar-refractivity contribution in [3.8, 4) is 17.2 Å². The molecule has 0 saturated carbocycles.